The van der Waals surface area contributed by atoms with Crippen LogP contribution in [0.5, 0.6) is 0 Å². The third kappa shape index (κ3) is 4.65. The third-order valence-electron chi connectivity index (χ3n) is 3.67. The SMILES string of the molecule is CCc1ccc(C(=O)NNC(=O)c2ccc(C)c(S(N)(=O)=O)c2)cc1. The molecule has 132 valence electrons. The van der Waals surface area contributed by atoms with Gasteiger partial charge in [-0.1, -0.05) is 25.1 Å². The standard InChI is InChI=1S/C17H19N3O4S/c1-3-12-5-8-13(9-6-12)16(21)19-20-17(22)14-7-4-11(2)15(10-14)25(18,23)24/h4-10H,3H2,1-2H3,(H,19,21)(H,20,22)(H2,18,23,24). The van der Waals surface area contributed by atoms with Crippen molar-refractivity contribution in [1.29, 1.82) is 0 Å². The van der Waals surface area contributed by atoms with E-state index in [9.17, 15) is 18.0 Å². The molecule has 25 heavy (non-hydrogen) atoms. The zero-order valence-electron chi connectivity index (χ0n) is 13.9. The quantitative estimate of drug-likeness (QED) is 0.711. The second-order valence-corrected chi connectivity index (χ2v) is 7.01. The summed E-state index contributed by atoms with van der Waals surface area (Å²) in [4.78, 5) is 24.0. The predicted octanol–water partition coefficient (Wildman–Crippen LogP) is 1.28. The summed E-state index contributed by atoms with van der Waals surface area (Å²) in [5.41, 5.74) is 6.52. The first-order valence-electron chi connectivity index (χ1n) is 7.55. The highest BCUT2D eigenvalue weighted by molar-refractivity contribution is 7.89. The van der Waals surface area contributed by atoms with Gasteiger partial charge in [0, 0.05) is 11.1 Å². The fraction of sp³-hybridized carbons (Fsp3) is 0.176. The van der Waals surface area contributed by atoms with Crippen molar-refractivity contribution in [2.24, 2.45) is 5.14 Å². The Hall–Kier alpha value is -2.71. The van der Waals surface area contributed by atoms with Crippen LogP contribution in [0.15, 0.2) is 47.4 Å². The van der Waals surface area contributed by atoms with Crippen LogP contribution in [0.25, 0.3) is 0 Å². The highest BCUT2D eigenvalue weighted by Crippen LogP contribution is 2.15. The van der Waals surface area contributed by atoms with Crippen molar-refractivity contribution in [3.05, 3.63) is 64.7 Å². The van der Waals surface area contributed by atoms with Crippen LogP contribution < -0.4 is 16.0 Å². The predicted molar refractivity (Wildman–Crippen MR) is 93.3 cm³/mol. The van der Waals surface area contributed by atoms with E-state index in [2.05, 4.69) is 10.9 Å². The Morgan fingerprint density at radius 2 is 1.48 bits per heavy atom. The molecular formula is C17H19N3O4S. The minimum Gasteiger partial charge on any atom is -0.267 e. The van der Waals surface area contributed by atoms with E-state index in [-0.39, 0.29) is 10.5 Å². The molecule has 4 N–H and O–H groups in total. The van der Waals surface area contributed by atoms with Gasteiger partial charge in [0.1, 0.15) is 0 Å². The Bertz CT molecular complexity index is 906. The van der Waals surface area contributed by atoms with Crippen LogP contribution in [0, 0.1) is 6.92 Å². The first-order chi connectivity index (χ1) is 11.7. The molecule has 8 heteroatoms. The third-order valence-corrected chi connectivity index (χ3v) is 4.72. The van der Waals surface area contributed by atoms with Crippen LogP contribution in [-0.2, 0) is 16.4 Å². The van der Waals surface area contributed by atoms with E-state index in [1.54, 1.807) is 19.1 Å². The minimum absolute atomic E-state index is 0.0660. The lowest BCUT2D eigenvalue weighted by molar-refractivity contribution is 0.0846. The largest absolute Gasteiger partial charge is 0.269 e. The number of hydrogen-bond acceptors (Lipinski definition) is 4. The number of sulfonamides is 1. The molecule has 0 aromatic heterocycles. The second kappa shape index (κ2) is 7.45. The van der Waals surface area contributed by atoms with Gasteiger partial charge in [-0.3, -0.25) is 20.4 Å². The molecule has 0 saturated heterocycles. The maximum atomic E-state index is 12.1. The number of amides is 2. The lowest BCUT2D eigenvalue weighted by atomic mass is 10.1. The lowest BCUT2D eigenvalue weighted by Crippen LogP contribution is -2.41. The van der Waals surface area contributed by atoms with Gasteiger partial charge in [-0.05, 0) is 48.7 Å². The number of aryl methyl sites for hydroxylation is 2. The number of primary sulfonamides is 1. The van der Waals surface area contributed by atoms with Gasteiger partial charge < -0.3 is 0 Å². The van der Waals surface area contributed by atoms with E-state index >= 15 is 0 Å². The summed E-state index contributed by atoms with van der Waals surface area (Å²) < 4.78 is 23.0. The number of rotatable bonds is 4. The van der Waals surface area contributed by atoms with Crippen molar-refractivity contribution in [3.63, 3.8) is 0 Å². The topological polar surface area (TPSA) is 118 Å². The van der Waals surface area contributed by atoms with Gasteiger partial charge >= 0.3 is 0 Å². The molecule has 0 heterocycles. The molecule has 2 rings (SSSR count). The first-order valence-corrected chi connectivity index (χ1v) is 9.10. The van der Waals surface area contributed by atoms with Crippen LogP contribution >= 0.6 is 0 Å². The smallest absolute Gasteiger partial charge is 0.267 e. The molecule has 2 aromatic carbocycles. The summed E-state index contributed by atoms with van der Waals surface area (Å²) in [6, 6.07) is 11.1. The highest BCUT2D eigenvalue weighted by atomic mass is 32.2. The van der Waals surface area contributed by atoms with E-state index in [4.69, 9.17) is 5.14 Å². The van der Waals surface area contributed by atoms with Crippen LogP contribution in [0.3, 0.4) is 0 Å². The first kappa shape index (κ1) is 18.6. The average molecular weight is 361 g/mol. The lowest BCUT2D eigenvalue weighted by Gasteiger charge is -2.10. The molecule has 0 spiro atoms. The molecule has 0 unspecified atom stereocenters. The van der Waals surface area contributed by atoms with E-state index in [0.29, 0.717) is 11.1 Å². The van der Waals surface area contributed by atoms with E-state index in [1.165, 1.54) is 18.2 Å². The molecular weight excluding hydrogens is 342 g/mol. The molecule has 0 radical (unpaired) electrons. The van der Waals surface area contributed by atoms with Crippen molar-refractivity contribution in [2.75, 3.05) is 0 Å². The molecule has 0 aliphatic carbocycles. The Balaban J connectivity index is 2.08. The number of hydrazine groups is 1. The van der Waals surface area contributed by atoms with Gasteiger partial charge in [0.05, 0.1) is 4.90 Å². The summed E-state index contributed by atoms with van der Waals surface area (Å²) >= 11 is 0. The van der Waals surface area contributed by atoms with Crippen LogP contribution in [-0.4, -0.2) is 20.2 Å². The van der Waals surface area contributed by atoms with Crippen molar-refractivity contribution >= 4 is 21.8 Å². The monoisotopic (exact) mass is 361 g/mol. The molecule has 0 aliphatic heterocycles. The normalized spacial score (nSPS) is 11.0. The maximum absolute atomic E-state index is 12.1. The van der Waals surface area contributed by atoms with Crippen molar-refractivity contribution in [1.82, 2.24) is 10.9 Å². The number of hydrogen-bond donors (Lipinski definition) is 3. The second-order valence-electron chi connectivity index (χ2n) is 5.48. The summed E-state index contributed by atoms with van der Waals surface area (Å²) in [5.74, 6) is -1.13. The van der Waals surface area contributed by atoms with E-state index < -0.39 is 21.8 Å². The maximum Gasteiger partial charge on any atom is 0.269 e. The molecule has 0 bridgehead atoms. The zero-order valence-corrected chi connectivity index (χ0v) is 14.7. The zero-order chi connectivity index (χ0) is 18.6. The van der Waals surface area contributed by atoms with Gasteiger partial charge in [0.15, 0.2) is 0 Å². The fourth-order valence-electron chi connectivity index (χ4n) is 2.20. The summed E-state index contributed by atoms with van der Waals surface area (Å²) in [6.07, 6.45) is 0.860. The Labute approximate surface area is 146 Å². The fourth-order valence-corrected chi connectivity index (χ4v) is 3.01. The van der Waals surface area contributed by atoms with Crippen LogP contribution in [0.4, 0.5) is 0 Å². The molecule has 0 aliphatic rings. The van der Waals surface area contributed by atoms with Crippen LogP contribution in [0.2, 0.25) is 0 Å². The number of carbonyl (C=O) groups excluding carboxylic acids is 2. The van der Waals surface area contributed by atoms with Gasteiger partial charge in [-0.25, -0.2) is 13.6 Å². The Kier molecular flexibility index (Phi) is 5.55. The molecule has 2 amide bonds. The number of nitrogens with two attached hydrogens (primary N) is 1. The highest BCUT2D eigenvalue weighted by Gasteiger charge is 2.15. The molecule has 0 fully saturated rings. The van der Waals surface area contributed by atoms with Gasteiger partial charge in [0.25, 0.3) is 11.8 Å². The van der Waals surface area contributed by atoms with Crippen LogP contribution in [0.1, 0.15) is 38.8 Å². The number of benzene rings is 2. The van der Waals surface area contributed by atoms with Crippen molar-refractivity contribution < 1.29 is 18.0 Å². The van der Waals surface area contributed by atoms with Crippen molar-refractivity contribution in [3.8, 4) is 0 Å². The van der Waals surface area contributed by atoms with Gasteiger partial charge in [-0.15, -0.1) is 0 Å². The summed E-state index contributed by atoms with van der Waals surface area (Å²) in [7, 11) is -3.94. The minimum atomic E-state index is -3.94. The Morgan fingerprint density at radius 3 is 2.00 bits per heavy atom. The summed E-state index contributed by atoms with van der Waals surface area (Å²) in [6.45, 7) is 3.58. The summed E-state index contributed by atoms with van der Waals surface area (Å²) in [5, 5.41) is 5.12. The van der Waals surface area contributed by atoms with Gasteiger partial charge in [0.2, 0.25) is 10.0 Å². The molecule has 2 aromatic rings. The molecule has 0 atom stereocenters. The van der Waals surface area contributed by atoms with Gasteiger partial charge in [-0.2, -0.15) is 0 Å². The van der Waals surface area contributed by atoms with E-state index in [1.807, 2.05) is 19.1 Å². The molecule has 7 nitrogen and oxygen atoms in total. The Morgan fingerprint density at radius 1 is 0.960 bits per heavy atom. The molecule has 0 saturated carbocycles. The van der Waals surface area contributed by atoms with Crippen molar-refractivity contribution in [2.45, 2.75) is 25.2 Å². The number of nitrogens with one attached hydrogen (secondary N) is 2. The average Bonchev–Trinajstić information content (AvgIpc) is 2.58. The number of carbonyl (C=O) groups is 2. The van der Waals surface area contributed by atoms with E-state index in [0.717, 1.165) is 12.0 Å².